The summed E-state index contributed by atoms with van der Waals surface area (Å²) >= 11 is 0. The predicted octanol–water partition coefficient (Wildman–Crippen LogP) is 1.90. The number of nitrogens with zero attached hydrogens (tertiary/aromatic N) is 1. The van der Waals surface area contributed by atoms with Crippen molar-refractivity contribution >= 4 is 5.91 Å². The molecule has 3 nitrogen and oxygen atoms in total. The molecule has 1 unspecified atom stereocenters. The molecule has 88 valence electrons. The van der Waals surface area contributed by atoms with Crippen LogP contribution in [-0.4, -0.2) is 24.9 Å². The SMILES string of the molecule is CC(C)c1ccc(C(C(N)=O)N(C)C)cc1. The second-order valence-electron chi connectivity index (χ2n) is 4.59. The Morgan fingerprint density at radius 1 is 1.12 bits per heavy atom. The van der Waals surface area contributed by atoms with Gasteiger partial charge in [0.05, 0.1) is 0 Å². The van der Waals surface area contributed by atoms with Crippen LogP contribution in [0.3, 0.4) is 0 Å². The Bertz CT molecular complexity index is 355. The molecule has 0 aliphatic rings. The summed E-state index contributed by atoms with van der Waals surface area (Å²) in [5.41, 5.74) is 7.60. The molecule has 0 saturated carbocycles. The number of likely N-dealkylation sites (N-methyl/N-ethyl adjacent to an activating group) is 1. The standard InChI is InChI=1S/C13H20N2O/c1-9(2)10-5-7-11(8-6-10)12(13(14)16)15(3)4/h5-9,12H,1-4H3,(H2,14,16). The maximum Gasteiger partial charge on any atom is 0.239 e. The summed E-state index contributed by atoms with van der Waals surface area (Å²) in [6, 6.07) is 7.72. The van der Waals surface area contributed by atoms with E-state index >= 15 is 0 Å². The van der Waals surface area contributed by atoms with Crippen LogP contribution in [0, 0.1) is 0 Å². The Morgan fingerprint density at radius 3 is 1.88 bits per heavy atom. The van der Waals surface area contributed by atoms with Crippen molar-refractivity contribution in [1.82, 2.24) is 4.90 Å². The van der Waals surface area contributed by atoms with Crippen molar-refractivity contribution in [3.05, 3.63) is 35.4 Å². The van der Waals surface area contributed by atoms with Gasteiger partial charge in [-0.2, -0.15) is 0 Å². The first kappa shape index (κ1) is 12.7. The fourth-order valence-electron chi connectivity index (χ4n) is 1.78. The van der Waals surface area contributed by atoms with Gasteiger partial charge in [0.1, 0.15) is 6.04 Å². The van der Waals surface area contributed by atoms with E-state index in [1.165, 1.54) is 5.56 Å². The van der Waals surface area contributed by atoms with Crippen molar-refractivity contribution in [3.63, 3.8) is 0 Å². The number of hydrogen-bond donors (Lipinski definition) is 1. The molecule has 0 radical (unpaired) electrons. The van der Waals surface area contributed by atoms with Crippen LogP contribution in [0.25, 0.3) is 0 Å². The number of carbonyl (C=O) groups is 1. The third-order valence-electron chi connectivity index (χ3n) is 2.70. The lowest BCUT2D eigenvalue weighted by Crippen LogP contribution is -2.32. The molecule has 0 saturated heterocycles. The Kier molecular flexibility index (Phi) is 4.07. The largest absolute Gasteiger partial charge is 0.368 e. The van der Waals surface area contributed by atoms with E-state index in [-0.39, 0.29) is 11.9 Å². The van der Waals surface area contributed by atoms with Crippen molar-refractivity contribution in [1.29, 1.82) is 0 Å². The van der Waals surface area contributed by atoms with Gasteiger partial charge < -0.3 is 5.73 Å². The molecule has 0 aliphatic carbocycles. The highest BCUT2D eigenvalue weighted by atomic mass is 16.1. The van der Waals surface area contributed by atoms with Crippen molar-refractivity contribution < 1.29 is 4.79 Å². The summed E-state index contributed by atoms with van der Waals surface area (Å²) in [5.74, 6) is 0.183. The van der Waals surface area contributed by atoms with Gasteiger partial charge >= 0.3 is 0 Å². The summed E-state index contributed by atoms with van der Waals surface area (Å²) in [7, 11) is 3.71. The predicted molar refractivity (Wildman–Crippen MR) is 66.2 cm³/mol. The molecule has 1 atom stereocenters. The highest BCUT2D eigenvalue weighted by molar-refractivity contribution is 5.81. The smallest absolute Gasteiger partial charge is 0.239 e. The lowest BCUT2D eigenvalue weighted by molar-refractivity contribution is -0.122. The molecule has 2 N–H and O–H groups in total. The minimum atomic E-state index is -0.346. The molecule has 3 heteroatoms. The van der Waals surface area contributed by atoms with Gasteiger partial charge in [-0.25, -0.2) is 0 Å². The maximum absolute atomic E-state index is 11.3. The lowest BCUT2D eigenvalue weighted by atomic mass is 9.98. The Hall–Kier alpha value is -1.35. The maximum atomic E-state index is 11.3. The molecule has 0 spiro atoms. The van der Waals surface area contributed by atoms with E-state index in [0.29, 0.717) is 5.92 Å². The molecule has 1 rings (SSSR count). The quantitative estimate of drug-likeness (QED) is 0.842. The van der Waals surface area contributed by atoms with E-state index < -0.39 is 0 Å². The van der Waals surface area contributed by atoms with Crippen LogP contribution < -0.4 is 5.73 Å². The molecule has 0 fully saturated rings. The number of nitrogens with two attached hydrogens (primary N) is 1. The van der Waals surface area contributed by atoms with Crippen molar-refractivity contribution in [2.75, 3.05) is 14.1 Å². The van der Waals surface area contributed by atoms with Crippen molar-refractivity contribution in [2.24, 2.45) is 5.73 Å². The molecule has 0 aliphatic heterocycles. The van der Waals surface area contributed by atoms with Gasteiger partial charge in [0.2, 0.25) is 5.91 Å². The van der Waals surface area contributed by atoms with E-state index in [9.17, 15) is 4.79 Å². The molecule has 1 aromatic rings. The number of benzene rings is 1. The van der Waals surface area contributed by atoms with Crippen LogP contribution in [0.2, 0.25) is 0 Å². The van der Waals surface area contributed by atoms with Gasteiger partial charge in [0, 0.05) is 0 Å². The van der Waals surface area contributed by atoms with Gasteiger partial charge in [-0.1, -0.05) is 38.1 Å². The second-order valence-corrected chi connectivity index (χ2v) is 4.59. The van der Waals surface area contributed by atoms with Crippen LogP contribution >= 0.6 is 0 Å². The summed E-state index contributed by atoms with van der Waals surface area (Å²) in [6.45, 7) is 4.29. The van der Waals surface area contributed by atoms with Gasteiger partial charge in [-0.3, -0.25) is 9.69 Å². The third-order valence-corrected chi connectivity index (χ3v) is 2.70. The Labute approximate surface area is 97.2 Å². The lowest BCUT2D eigenvalue weighted by Gasteiger charge is -2.21. The first-order chi connectivity index (χ1) is 7.43. The van der Waals surface area contributed by atoms with Crippen molar-refractivity contribution in [3.8, 4) is 0 Å². The zero-order chi connectivity index (χ0) is 12.3. The molecule has 16 heavy (non-hydrogen) atoms. The zero-order valence-electron chi connectivity index (χ0n) is 10.4. The molecule has 0 heterocycles. The fourth-order valence-corrected chi connectivity index (χ4v) is 1.78. The number of hydrogen-bond acceptors (Lipinski definition) is 2. The van der Waals surface area contributed by atoms with E-state index in [1.54, 1.807) is 0 Å². The number of primary amides is 1. The Morgan fingerprint density at radius 2 is 1.56 bits per heavy atom. The minimum Gasteiger partial charge on any atom is -0.368 e. The molecular weight excluding hydrogens is 200 g/mol. The number of amides is 1. The second kappa shape index (κ2) is 5.12. The van der Waals surface area contributed by atoms with Crippen molar-refractivity contribution in [2.45, 2.75) is 25.8 Å². The first-order valence-electron chi connectivity index (χ1n) is 5.49. The molecular formula is C13H20N2O. The molecule has 0 aromatic heterocycles. The normalized spacial score (nSPS) is 13.1. The monoisotopic (exact) mass is 220 g/mol. The third kappa shape index (κ3) is 2.83. The topological polar surface area (TPSA) is 46.3 Å². The van der Waals surface area contributed by atoms with E-state index in [1.807, 2.05) is 31.1 Å². The van der Waals surface area contributed by atoms with Crippen LogP contribution in [0.15, 0.2) is 24.3 Å². The summed E-state index contributed by atoms with van der Waals surface area (Å²) in [6.07, 6.45) is 0. The highest BCUT2D eigenvalue weighted by Gasteiger charge is 2.19. The van der Waals surface area contributed by atoms with Gasteiger partial charge in [0.15, 0.2) is 0 Å². The average molecular weight is 220 g/mol. The molecule has 1 aromatic carbocycles. The molecule has 1 amide bonds. The summed E-state index contributed by atoms with van der Waals surface area (Å²) in [4.78, 5) is 13.2. The van der Waals surface area contributed by atoms with E-state index in [0.717, 1.165) is 5.56 Å². The fraction of sp³-hybridized carbons (Fsp3) is 0.462. The van der Waals surface area contributed by atoms with Crippen LogP contribution in [0.1, 0.15) is 36.9 Å². The van der Waals surface area contributed by atoms with E-state index in [4.69, 9.17) is 5.73 Å². The zero-order valence-corrected chi connectivity index (χ0v) is 10.4. The van der Waals surface area contributed by atoms with Crippen LogP contribution in [0.5, 0.6) is 0 Å². The first-order valence-corrected chi connectivity index (χ1v) is 5.49. The Balaban J connectivity index is 2.99. The molecule has 0 bridgehead atoms. The number of carbonyl (C=O) groups excluding carboxylic acids is 1. The van der Waals surface area contributed by atoms with Crippen LogP contribution in [0.4, 0.5) is 0 Å². The van der Waals surface area contributed by atoms with E-state index in [2.05, 4.69) is 26.0 Å². The van der Waals surface area contributed by atoms with Crippen LogP contribution in [-0.2, 0) is 4.79 Å². The number of rotatable bonds is 4. The van der Waals surface area contributed by atoms with Gasteiger partial charge in [0.25, 0.3) is 0 Å². The van der Waals surface area contributed by atoms with Gasteiger partial charge in [-0.05, 0) is 31.1 Å². The minimum absolute atomic E-state index is 0.317. The van der Waals surface area contributed by atoms with Gasteiger partial charge in [-0.15, -0.1) is 0 Å². The average Bonchev–Trinajstić information content (AvgIpc) is 2.17. The highest BCUT2D eigenvalue weighted by Crippen LogP contribution is 2.21. The summed E-state index contributed by atoms with van der Waals surface area (Å²) < 4.78 is 0. The summed E-state index contributed by atoms with van der Waals surface area (Å²) in [5, 5.41) is 0.